The topological polar surface area (TPSA) is 35.6 Å². The Morgan fingerprint density at radius 2 is 1.81 bits per heavy atom. The molecule has 0 amide bonds. The lowest BCUT2D eigenvalue weighted by Crippen LogP contribution is -2.04. The third-order valence-electron chi connectivity index (χ3n) is 5.41. The van der Waals surface area contributed by atoms with E-state index in [1.165, 1.54) is 26.9 Å². The third kappa shape index (κ3) is 3.80. The smallest absolute Gasteiger partial charge is 0.196 e. The molecule has 0 radical (unpaired) electrons. The summed E-state index contributed by atoms with van der Waals surface area (Å²) >= 11 is 9.47. The minimum atomic E-state index is 0.748. The first kappa shape index (κ1) is 20.4. The van der Waals surface area contributed by atoms with Crippen molar-refractivity contribution in [2.45, 2.75) is 24.8 Å². The Kier molecular flexibility index (Phi) is 5.38. The molecule has 0 aliphatic carbocycles. The van der Waals surface area contributed by atoms with Crippen molar-refractivity contribution in [2.24, 2.45) is 7.05 Å². The lowest BCUT2D eigenvalue weighted by molar-refractivity contribution is 0.872. The maximum Gasteiger partial charge on any atom is 0.196 e. The van der Waals surface area contributed by atoms with Crippen molar-refractivity contribution in [3.8, 4) is 17.2 Å². The van der Waals surface area contributed by atoms with E-state index >= 15 is 0 Å². The van der Waals surface area contributed by atoms with Gasteiger partial charge >= 0.3 is 0 Å². The number of nitrogens with zero attached hydrogens (tertiary/aromatic N) is 4. The van der Waals surface area contributed by atoms with E-state index in [2.05, 4.69) is 88.1 Å². The predicted octanol–water partition coefficient (Wildman–Crippen LogP) is 7.05. The van der Waals surface area contributed by atoms with Gasteiger partial charge in [-0.3, -0.25) is 4.57 Å². The molecule has 0 bridgehead atoms. The van der Waals surface area contributed by atoms with Crippen molar-refractivity contribution in [3.05, 3.63) is 81.7 Å². The van der Waals surface area contributed by atoms with Gasteiger partial charge in [-0.25, -0.2) is 0 Å². The van der Waals surface area contributed by atoms with E-state index in [0.717, 1.165) is 33.1 Å². The van der Waals surface area contributed by atoms with Crippen LogP contribution < -0.4 is 0 Å². The normalized spacial score (nSPS) is 11.5. The number of aromatic nitrogens is 4. The average Bonchev–Trinajstić information content (AvgIpc) is 3.46. The molecule has 4 nitrogen and oxygen atoms in total. The number of fused-ring (bicyclic) bond motifs is 1. The number of hydrogen-bond donors (Lipinski definition) is 0. The molecule has 0 N–H and O–H groups in total. The predicted molar refractivity (Wildman–Crippen MR) is 132 cm³/mol. The first-order valence-electron chi connectivity index (χ1n) is 9.95. The average molecular weight is 465 g/mol. The number of rotatable bonds is 5. The summed E-state index contributed by atoms with van der Waals surface area (Å²) in [6.07, 6.45) is 0. The van der Waals surface area contributed by atoms with Gasteiger partial charge in [0.15, 0.2) is 11.0 Å². The molecule has 5 rings (SSSR count). The summed E-state index contributed by atoms with van der Waals surface area (Å²) in [5, 5.41) is 13.0. The Bertz CT molecular complexity index is 1380. The fourth-order valence-electron chi connectivity index (χ4n) is 3.70. The second-order valence-corrected chi connectivity index (χ2v) is 9.93. The zero-order valence-corrected chi connectivity index (χ0v) is 19.9. The Labute approximate surface area is 194 Å². The molecule has 31 heavy (non-hydrogen) atoms. The lowest BCUT2D eigenvalue weighted by atomic mass is 10.1. The molecular formula is C24H21ClN4S2. The van der Waals surface area contributed by atoms with Crippen molar-refractivity contribution >= 4 is 44.9 Å². The molecule has 2 aromatic carbocycles. The summed E-state index contributed by atoms with van der Waals surface area (Å²) in [5.74, 6) is 1.65. The fraction of sp³-hybridized carbons (Fsp3) is 0.167. The van der Waals surface area contributed by atoms with Crippen LogP contribution in [0.2, 0.25) is 5.02 Å². The van der Waals surface area contributed by atoms with Gasteiger partial charge in [0.1, 0.15) is 0 Å². The molecule has 3 heterocycles. The molecule has 0 saturated heterocycles. The van der Waals surface area contributed by atoms with Gasteiger partial charge in [0.2, 0.25) is 0 Å². The number of thioether (sulfide) groups is 1. The van der Waals surface area contributed by atoms with E-state index in [9.17, 15) is 0 Å². The van der Waals surface area contributed by atoms with E-state index in [1.807, 2.05) is 12.1 Å². The van der Waals surface area contributed by atoms with Crippen molar-refractivity contribution in [1.29, 1.82) is 0 Å². The van der Waals surface area contributed by atoms with Crippen LogP contribution in [0.5, 0.6) is 0 Å². The summed E-state index contributed by atoms with van der Waals surface area (Å²) < 4.78 is 5.65. The maximum absolute atomic E-state index is 6.04. The van der Waals surface area contributed by atoms with E-state index in [1.54, 1.807) is 23.1 Å². The van der Waals surface area contributed by atoms with Gasteiger partial charge < -0.3 is 4.57 Å². The molecule has 5 aromatic rings. The lowest BCUT2D eigenvalue weighted by Gasteiger charge is -2.14. The third-order valence-corrected chi connectivity index (χ3v) is 7.52. The zero-order valence-electron chi connectivity index (χ0n) is 17.5. The highest BCUT2D eigenvalue weighted by Crippen LogP contribution is 2.35. The molecule has 0 aliphatic heterocycles. The molecule has 0 aliphatic rings. The number of hydrogen-bond acceptors (Lipinski definition) is 4. The molecule has 7 heteroatoms. The van der Waals surface area contributed by atoms with E-state index in [0.29, 0.717) is 0 Å². The van der Waals surface area contributed by atoms with Crippen LogP contribution in [0.15, 0.2) is 65.1 Å². The zero-order chi connectivity index (χ0) is 21.5. The molecule has 0 atom stereocenters. The second-order valence-electron chi connectivity index (χ2n) is 7.61. The molecule has 3 aromatic heterocycles. The Morgan fingerprint density at radius 3 is 2.58 bits per heavy atom. The first-order chi connectivity index (χ1) is 15.0. The summed E-state index contributed by atoms with van der Waals surface area (Å²) in [5.41, 5.74) is 6.99. The van der Waals surface area contributed by atoms with Gasteiger partial charge in [0, 0.05) is 17.8 Å². The molecule has 156 valence electrons. The number of thiophene rings is 1. The summed E-state index contributed by atoms with van der Waals surface area (Å²) in [4.78, 5) is 0. The molecule has 0 fully saturated rings. The highest BCUT2D eigenvalue weighted by atomic mass is 35.5. The molecular weight excluding hydrogens is 444 g/mol. The van der Waals surface area contributed by atoms with Crippen LogP contribution in [0, 0.1) is 13.8 Å². The summed E-state index contributed by atoms with van der Waals surface area (Å²) in [6.45, 7) is 4.25. The van der Waals surface area contributed by atoms with E-state index < -0.39 is 0 Å². The van der Waals surface area contributed by atoms with Crippen molar-refractivity contribution in [1.82, 2.24) is 19.3 Å². The monoisotopic (exact) mass is 464 g/mol. The van der Waals surface area contributed by atoms with E-state index in [-0.39, 0.29) is 0 Å². The number of benzene rings is 2. The molecule has 0 saturated carbocycles. The SMILES string of the molecule is Cc1ccc(C)c(-n2c(SCc3ccc(Cl)cc3)nnc2-c2cc3sccc3n2C)c1. The highest BCUT2D eigenvalue weighted by Gasteiger charge is 2.21. The van der Waals surface area contributed by atoms with Gasteiger partial charge in [-0.1, -0.05) is 47.6 Å². The van der Waals surface area contributed by atoms with Crippen LogP contribution in [0.25, 0.3) is 27.4 Å². The van der Waals surface area contributed by atoms with Crippen LogP contribution >= 0.6 is 34.7 Å². The van der Waals surface area contributed by atoms with E-state index in [4.69, 9.17) is 11.6 Å². The van der Waals surface area contributed by atoms with Gasteiger partial charge in [-0.15, -0.1) is 21.5 Å². The van der Waals surface area contributed by atoms with Crippen LogP contribution in [0.3, 0.4) is 0 Å². The Morgan fingerprint density at radius 1 is 1.00 bits per heavy atom. The first-order valence-corrected chi connectivity index (χ1v) is 12.2. The minimum absolute atomic E-state index is 0.748. The standard InChI is InChI=1S/C24H21ClN4S2/c1-15-4-5-16(2)20(12-15)29-23(21-13-22-19(28(21)3)10-11-30-22)26-27-24(29)31-14-17-6-8-18(25)9-7-17/h4-13H,14H2,1-3H3. The van der Waals surface area contributed by atoms with Gasteiger partial charge in [0.25, 0.3) is 0 Å². The van der Waals surface area contributed by atoms with Crippen LogP contribution in [0.1, 0.15) is 16.7 Å². The maximum atomic E-state index is 6.04. The minimum Gasteiger partial charge on any atom is -0.340 e. The Balaban J connectivity index is 1.63. The fourth-order valence-corrected chi connectivity index (χ4v) is 5.58. The van der Waals surface area contributed by atoms with Crippen LogP contribution in [-0.4, -0.2) is 19.3 Å². The van der Waals surface area contributed by atoms with Crippen LogP contribution in [0.4, 0.5) is 0 Å². The van der Waals surface area contributed by atoms with Crippen molar-refractivity contribution in [2.75, 3.05) is 0 Å². The largest absolute Gasteiger partial charge is 0.340 e. The van der Waals surface area contributed by atoms with Crippen LogP contribution in [-0.2, 0) is 12.8 Å². The molecule has 0 unspecified atom stereocenters. The summed E-state index contributed by atoms with van der Waals surface area (Å²) in [6, 6.07) is 18.8. The quantitative estimate of drug-likeness (QED) is 0.261. The number of halogens is 1. The second kappa shape index (κ2) is 8.19. The Hall–Kier alpha value is -2.54. The van der Waals surface area contributed by atoms with Crippen molar-refractivity contribution in [3.63, 3.8) is 0 Å². The van der Waals surface area contributed by atoms with Crippen molar-refractivity contribution < 1.29 is 0 Å². The molecule has 0 spiro atoms. The summed E-state index contributed by atoms with van der Waals surface area (Å²) in [7, 11) is 2.09. The number of aryl methyl sites for hydroxylation is 3. The highest BCUT2D eigenvalue weighted by molar-refractivity contribution is 7.98. The van der Waals surface area contributed by atoms with Gasteiger partial charge in [-0.05, 0) is 66.2 Å². The van der Waals surface area contributed by atoms with Gasteiger partial charge in [0.05, 0.1) is 21.6 Å². The van der Waals surface area contributed by atoms with Gasteiger partial charge in [-0.2, -0.15) is 0 Å².